The predicted octanol–water partition coefficient (Wildman–Crippen LogP) is 0.561. The van der Waals surface area contributed by atoms with Gasteiger partial charge in [0.15, 0.2) is 0 Å². The van der Waals surface area contributed by atoms with E-state index in [0.717, 1.165) is 0 Å². The van der Waals surface area contributed by atoms with Crippen molar-refractivity contribution in [2.24, 2.45) is 0 Å². The highest BCUT2D eigenvalue weighted by Crippen LogP contribution is 1.99. The SMILES string of the molecule is C#CC(C)(C)NC(=O)N[C@H](CC)C(=O)O. The molecule has 0 aromatic carbocycles. The van der Waals surface area contributed by atoms with Crippen LogP contribution in [0.1, 0.15) is 27.2 Å². The lowest BCUT2D eigenvalue weighted by Gasteiger charge is -2.21. The highest BCUT2D eigenvalue weighted by Gasteiger charge is 2.21. The third-order valence-electron chi connectivity index (χ3n) is 1.80. The molecule has 3 N–H and O–H groups in total. The number of rotatable bonds is 4. The standard InChI is InChI=1S/C10H16N2O3/c1-5-7(8(13)14)11-9(15)12-10(3,4)6-2/h2,7H,5H2,1,3-4H3,(H,13,14)(H2,11,12,15)/t7-/m1/s1. The number of carbonyl (C=O) groups is 2. The largest absolute Gasteiger partial charge is 0.480 e. The molecular weight excluding hydrogens is 196 g/mol. The quantitative estimate of drug-likeness (QED) is 0.596. The molecule has 2 amide bonds. The van der Waals surface area contributed by atoms with Crippen molar-refractivity contribution < 1.29 is 14.7 Å². The number of amides is 2. The van der Waals surface area contributed by atoms with E-state index in [1.165, 1.54) is 0 Å². The molecule has 0 aliphatic heterocycles. The molecule has 0 unspecified atom stereocenters. The second kappa shape index (κ2) is 5.25. The zero-order valence-corrected chi connectivity index (χ0v) is 9.13. The molecule has 0 bridgehead atoms. The summed E-state index contributed by atoms with van der Waals surface area (Å²) in [6.45, 7) is 4.97. The first kappa shape index (κ1) is 13.3. The zero-order valence-electron chi connectivity index (χ0n) is 9.13. The number of aliphatic carboxylic acids is 1. The van der Waals surface area contributed by atoms with Crippen LogP contribution in [0.5, 0.6) is 0 Å². The Morgan fingerprint density at radius 2 is 2.07 bits per heavy atom. The van der Waals surface area contributed by atoms with Crippen molar-refractivity contribution in [1.82, 2.24) is 10.6 Å². The van der Waals surface area contributed by atoms with Crippen LogP contribution in [0.2, 0.25) is 0 Å². The fourth-order valence-electron chi connectivity index (χ4n) is 0.853. The number of nitrogens with one attached hydrogen (secondary N) is 2. The van der Waals surface area contributed by atoms with Gasteiger partial charge >= 0.3 is 12.0 Å². The van der Waals surface area contributed by atoms with Gasteiger partial charge < -0.3 is 15.7 Å². The average molecular weight is 212 g/mol. The van der Waals surface area contributed by atoms with Gasteiger partial charge in [-0.3, -0.25) is 0 Å². The van der Waals surface area contributed by atoms with Crippen molar-refractivity contribution in [2.75, 3.05) is 0 Å². The molecule has 0 aliphatic carbocycles. The van der Waals surface area contributed by atoms with E-state index in [9.17, 15) is 9.59 Å². The summed E-state index contributed by atoms with van der Waals surface area (Å²) in [6, 6.07) is -1.47. The van der Waals surface area contributed by atoms with Gasteiger partial charge in [-0.05, 0) is 20.3 Å². The molecule has 0 heterocycles. The molecule has 0 fully saturated rings. The van der Waals surface area contributed by atoms with E-state index in [1.807, 2.05) is 0 Å². The smallest absolute Gasteiger partial charge is 0.326 e. The average Bonchev–Trinajstić information content (AvgIpc) is 2.13. The molecule has 0 aromatic rings. The Balaban J connectivity index is 4.27. The molecule has 0 spiro atoms. The van der Waals surface area contributed by atoms with Crippen molar-refractivity contribution in [1.29, 1.82) is 0 Å². The molecule has 0 radical (unpaired) electrons. The van der Waals surface area contributed by atoms with Crippen molar-refractivity contribution in [3.63, 3.8) is 0 Å². The third kappa shape index (κ3) is 4.91. The Morgan fingerprint density at radius 3 is 2.40 bits per heavy atom. The minimum Gasteiger partial charge on any atom is -0.480 e. The molecule has 5 nitrogen and oxygen atoms in total. The number of hydrogen-bond acceptors (Lipinski definition) is 2. The van der Waals surface area contributed by atoms with E-state index in [2.05, 4.69) is 16.6 Å². The van der Waals surface area contributed by atoms with E-state index < -0.39 is 23.6 Å². The van der Waals surface area contributed by atoms with E-state index in [1.54, 1.807) is 20.8 Å². The molecule has 1 atom stereocenters. The molecule has 0 saturated heterocycles. The van der Waals surface area contributed by atoms with Gasteiger partial charge in [0, 0.05) is 0 Å². The van der Waals surface area contributed by atoms with Crippen molar-refractivity contribution in [3.05, 3.63) is 0 Å². The first-order valence-electron chi connectivity index (χ1n) is 4.61. The normalized spacial score (nSPS) is 12.4. The van der Waals surface area contributed by atoms with Crippen LogP contribution in [0.3, 0.4) is 0 Å². The summed E-state index contributed by atoms with van der Waals surface area (Å²) in [6.07, 6.45) is 5.49. The van der Waals surface area contributed by atoms with Crippen molar-refractivity contribution >= 4 is 12.0 Å². The molecule has 5 heteroatoms. The van der Waals surface area contributed by atoms with Gasteiger partial charge in [-0.15, -0.1) is 6.42 Å². The molecule has 84 valence electrons. The fraction of sp³-hybridized carbons (Fsp3) is 0.600. The van der Waals surface area contributed by atoms with Crippen LogP contribution in [0.25, 0.3) is 0 Å². The zero-order chi connectivity index (χ0) is 12.1. The monoisotopic (exact) mass is 212 g/mol. The van der Waals surface area contributed by atoms with Crippen molar-refractivity contribution in [2.45, 2.75) is 38.8 Å². The summed E-state index contributed by atoms with van der Waals surface area (Å²) in [7, 11) is 0. The predicted molar refractivity (Wildman–Crippen MR) is 56.3 cm³/mol. The van der Waals surface area contributed by atoms with Crippen LogP contribution in [0, 0.1) is 12.3 Å². The third-order valence-corrected chi connectivity index (χ3v) is 1.80. The maximum atomic E-state index is 11.3. The highest BCUT2D eigenvalue weighted by molar-refractivity contribution is 5.83. The number of carboxylic acid groups (broad SMARTS) is 1. The number of terminal acetylenes is 1. The van der Waals surface area contributed by atoms with Gasteiger partial charge in [0.05, 0.1) is 5.54 Å². The highest BCUT2D eigenvalue weighted by atomic mass is 16.4. The molecule has 0 aliphatic rings. The second-order valence-corrected chi connectivity index (χ2v) is 3.67. The minimum atomic E-state index is -1.06. The van der Waals surface area contributed by atoms with Crippen LogP contribution >= 0.6 is 0 Å². The van der Waals surface area contributed by atoms with Crippen LogP contribution < -0.4 is 10.6 Å². The number of carbonyl (C=O) groups excluding carboxylic acids is 1. The van der Waals surface area contributed by atoms with Gasteiger partial charge in [0.1, 0.15) is 6.04 Å². The van der Waals surface area contributed by atoms with E-state index in [4.69, 9.17) is 11.5 Å². The summed E-state index contributed by atoms with van der Waals surface area (Å²) >= 11 is 0. The lowest BCUT2D eigenvalue weighted by molar-refractivity contribution is -0.139. The van der Waals surface area contributed by atoms with Gasteiger partial charge in [-0.1, -0.05) is 12.8 Å². The Labute approximate surface area is 89.2 Å². The van der Waals surface area contributed by atoms with Gasteiger partial charge in [-0.2, -0.15) is 0 Å². The maximum absolute atomic E-state index is 11.3. The number of carboxylic acids is 1. The van der Waals surface area contributed by atoms with Gasteiger partial charge in [0.25, 0.3) is 0 Å². The lowest BCUT2D eigenvalue weighted by Crippen LogP contribution is -2.52. The van der Waals surface area contributed by atoms with Crippen LogP contribution in [-0.4, -0.2) is 28.7 Å². The van der Waals surface area contributed by atoms with Crippen molar-refractivity contribution in [3.8, 4) is 12.3 Å². The molecule has 0 rings (SSSR count). The Kier molecular flexibility index (Phi) is 4.65. The van der Waals surface area contributed by atoms with Crippen LogP contribution in [0.15, 0.2) is 0 Å². The maximum Gasteiger partial charge on any atom is 0.326 e. The second-order valence-electron chi connectivity index (χ2n) is 3.67. The van der Waals surface area contributed by atoms with E-state index in [-0.39, 0.29) is 0 Å². The minimum absolute atomic E-state index is 0.319. The lowest BCUT2D eigenvalue weighted by atomic mass is 10.1. The Hall–Kier alpha value is -1.70. The molecule has 0 saturated carbocycles. The number of urea groups is 1. The summed E-state index contributed by atoms with van der Waals surface area (Å²) in [5.74, 6) is 1.31. The molecule has 15 heavy (non-hydrogen) atoms. The van der Waals surface area contributed by atoms with Gasteiger partial charge in [0.2, 0.25) is 0 Å². The van der Waals surface area contributed by atoms with E-state index >= 15 is 0 Å². The summed E-state index contributed by atoms with van der Waals surface area (Å²) < 4.78 is 0. The summed E-state index contributed by atoms with van der Waals surface area (Å²) in [5.41, 5.74) is -0.791. The number of hydrogen-bond donors (Lipinski definition) is 3. The van der Waals surface area contributed by atoms with Crippen LogP contribution in [0.4, 0.5) is 4.79 Å². The summed E-state index contributed by atoms with van der Waals surface area (Å²) in [5, 5.41) is 13.5. The Morgan fingerprint density at radius 1 is 1.53 bits per heavy atom. The first-order valence-corrected chi connectivity index (χ1v) is 4.61. The fourth-order valence-corrected chi connectivity index (χ4v) is 0.853. The molecular formula is C10H16N2O3. The Bertz CT molecular complexity index is 292. The van der Waals surface area contributed by atoms with E-state index in [0.29, 0.717) is 6.42 Å². The van der Waals surface area contributed by atoms with Gasteiger partial charge in [-0.25, -0.2) is 9.59 Å². The topological polar surface area (TPSA) is 78.4 Å². The van der Waals surface area contributed by atoms with Crippen LogP contribution in [-0.2, 0) is 4.79 Å². The molecule has 0 aromatic heterocycles. The first-order chi connectivity index (χ1) is 6.82. The summed E-state index contributed by atoms with van der Waals surface area (Å²) in [4.78, 5) is 21.9.